The number of nitrogens with zero attached hydrogens (tertiary/aromatic N) is 2. The predicted molar refractivity (Wildman–Crippen MR) is 85.9 cm³/mol. The standard InChI is InChI=1S/C16H24N2O5/c1-12(2)18(17-21)10-14(19)11-23-15-7-4-13(5-8-15)6-9-16(20)22-3/h4-5,7-8,12,14,19H,6,9-11H2,1-3H3/i1D3,2D3,12D. The Kier molecular flexibility index (Phi) is 4.51. The molecule has 1 atom stereocenters. The number of esters is 1. The normalized spacial score (nSPS) is 17.9. The minimum absolute atomic E-state index is 0.00304. The molecule has 1 aromatic rings. The Hall–Kier alpha value is -2.15. The van der Waals surface area contributed by atoms with Crippen LogP contribution in [0.1, 0.15) is 35.3 Å². The zero-order valence-electron chi connectivity index (χ0n) is 19.7. The van der Waals surface area contributed by atoms with E-state index in [2.05, 4.69) is 10.0 Å². The fraction of sp³-hybridized carbons (Fsp3) is 0.562. The summed E-state index contributed by atoms with van der Waals surface area (Å²) in [7, 11) is 1.30. The van der Waals surface area contributed by atoms with Crippen molar-refractivity contribution in [3.8, 4) is 5.75 Å². The number of nitroso groups, excluding NO2 is 1. The van der Waals surface area contributed by atoms with Gasteiger partial charge in [-0.15, -0.1) is 4.91 Å². The van der Waals surface area contributed by atoms with Crippen LogP contribution in [-0.2, 0) is 16.0 Å². The first kappa shape index (κ1) is 10.6. The van der Waals surface area contributed by atoms with Gasteiger partial charge in [-0.2, -0.15) is 0 Å². The van der Waals surface area contributed by atoms with Crippen LogP contribution in [0.3, 0.4) is 0 Å². The van der Waals surface area contributed by atoms with Crippen molar-refractivity contribution in [3.05, 3.63) is 34.7 Å². The number of benzene rings is 1. The number of carbonyl (C=O) groups excluding carboxylic acids is 1. The van der Waals surface area contributed by atoms with Crippen LogP contribution < -0.4 is 4.74 Å². The first-order valence-corrected chi connectivity index (χ1v) is 6.83. The summed E-state index contributed by atoms with van der Waals surface area (Å²) in [5, 5.41) is 12.4. The SMILES string of the molecule is [2H]C([2H])([2H])C([2H])(N(CC(O)COc1ccc(CCC(=O)OC)cc1)N=O)C([2H])([2H])[2H]. The lowest BCUT2D eigenvalue weighted by Gasteiger charge is -2.22. The molecule has 0 aliphatic rings. The maximum absolute atomic E-state index is 11.1. The molecule has 0 aliphatic heterocycles. The molecule has 1 N–H and O–H groups in total. The second-order valence-electron chi connectivity index (χ2n) is 4.70. The van der Waals surface area contributed by atoms with Crippen molar-refractivity contribution >= 4 is 5.97 Å². The van der Waals surface area contributed by atoms with Gasteiger partial charge >= 0.3 is 5.97 Å². The molecule has 1 unspecified atom stereocenters. The first-order valence-electron chi connectivity index (χ1n) is 10.3. The van der Waals surface area contributed by atoms with E-state index >= 15 is 0 Å². The highest BCUT2D eigenvalue weighted by Crippen LogP contribution is 2.14. The number of aliphatic hydroxyl groups is 1. The highest BCUT2D eigenvalue weighted by molar-refractivity contribution is 5.69. The number of rotatable bonds is 10. The smallest absolute Gasteiger partial charge is 0.305 e. The molecule has 128 valence electrons. The molecule has 0 amide bonds. The van der Waals surface area contributed by atoms with E-state index in [1.165, 1.54) is 7.11 Å². The monoisotopic (exact) mass is 331 g/mol. The van der Waals surface area contributed by atoms with Gasteiger partial charge in [0.1, 0.15) is 18.5 Å². The Labute approximate surface area is 146 Å². The molecule has 23 heavy (non-hydrogen) atoms. The Morgan fingerprint density at radius 2 is 2.13 bits per heavy atom. The van der Waals surface area contributed by atoms with Crippen molar-refractivity contribution in [2.45, 2.75) is 38.7 Å². The van der Waals surface area contributed by atoms with Crippen LogP contribution in [0.5, 0.6) is 5.75 Å². The van der Waals surface area contributed by atoms with Crippen molar-refractivity contribution < 1.29 is 29.0 Å². The molecule has 0 radical (unpaired) electrons. The van der Waals surface area contributed by atoms with Crippen LogP contribution in [0.4, 0.5) is 0 Å². The molecule has 7 heteroatoms. The van der Waals surface area contributed by atoms with Crippen LogP contribution in [0.15, 0.2) is 29.6 Å². The third-order valence-corrected chi connectivity index (χ3v) is 2.95. The fourth-order valence-electron chi connectivity index (χ4n) is 1.71. The Morgan fingerprint density at radius 1 is 1.43 bits per heavy atom. The van der Waals surface area contributed by atoms with Gasteiger partial charge in [0.25, 0.3) is 0 Å². The number of aliphatic hydroxyl groups excluding tert-OH is 1. The van der Waals surface area contributed by atoms with Crippen LogP contribution in [0.2, 0.25) is 0 Å². The molecule has 7 nitrogen and oxygen atoms in total. The number of methoxy groups -OCH3 is 1. The molecule has 0 aromatic heterocycles. The molecule has 0 aliphatic carbocycles. The number of hydrogen-bond acceptors (Lipinski definition) is 6. The van der Waals surface area contributed by atoms with E-state index in [-0.39, 0.29) is 17.4 Å². The van der Waals surface area contributed by atoms with E-state index in [0.717, 1.165) is 5.56 Å². The molecule has 0 fully saturated rings. The summed E-state index contributed by atoms with van der Waals surface area (Å²) in [6.07, 6.45) is -0.826. The third-order valence-electron chi connectivity index (χ3n) is 2.95. The molecule has 0 saturated heterocycles. The van der Waals surface area contributed by atoms with Gasteiger partial charge in [-0.25, -0.2) is 0 Å². The average molecular weight is 331 g/mol. The quantitative estimate of drug-likeness (QED) is 0.400. The molecular weight excluding hydrogens is 300 g/mol. The van der Waals surface area contributed by atoms with E-state index in [1.54, 1.807) is 24.3 Å². The molecule has 1 aromatic carbocycles. The number of aryl methyl sites for hydroxylation is 1. The van der Waals surface area contributed by atoms with Crippen LogP contribution in [0, 0.1) is 4.91 Å². The largest absolute Gasteiger partial charge is 0.491 e. The summed E-state index contributed by atoms with van der Waals surface area (Å²) >= 11 is 0. The van der Waals surface area contributed by atoms with E-state index < -0.39 is 39.0 Å². The van der Waals surface area contributed by atoms with Crippen LogP contribution >= 0.6 is 0 Å². The van der Waals surface area contributed by atoms with Gasteiger partial charge < -0.3 is 14.6 Å². The molecule has 0 heterocycles. The maximum Gasteiger partial charge on any atom is 0.305 e. The number of ether oxygens (including phenoxy) is 2. The van der Waals surface area contributed by atoms with Gasteiger partial charge in [-0.3, -0.25) is 9.80 Å². The summed E-state index contributed by atoms with van der Waals surface area (Å²) in [5.74, 6) is -0.00312. The maximum atomic E-state index is 11.1. The van der Waals surface area contributed by atoms with E-state index in [9.17, 15) is 14.8 Å². The zero-order chi connectivity index (χ0) is 23.2. The van der Waals surface area contributed by atoms with Gasteiger partial charge in [-0.05, 0) is 37.8 Å². The summed E-state index contributed by atoms with van der Waals surface area (Å²) in [4.78, 5) is 22.2. The molecule has 0 spiro atoms. The lowest BCUT2D eigenvalue weighted by atomic mass is 10.1. The van der Waals surface area contributed by atoms with Gasteiger partial charge in [0, 0.05) is 20.7 Å². The summed E-state index contributed by atoms with van der Waals surface area (Å²) in [6.45, 7) is -8.04. The number of hydrogen-bond donors (Lipinski definition) is 1. The topological polar surface area (TPSA) is 88.4 Å². The minimum atomic E-state index is -3.40. The van der Waals surface area contributed by atoms with Crippen molar-refractivity contribution in [2.75, 3.05) is 20.3 Å². The predicted octanol–water partition coefficient (Wildman–Crippen LogP) is 1.92. The van der Waals surface area contributed by atoms with Gasteiger partial charge in [-0.1, -0.05) is 12.1 Å². The summed E-state index contributed by atoms with van der Waals surface area (Å²) in [5.41, 5.74) is 0.846. The lowest BCUT2D eigenvalue weighted by Crippen LogP contribution is -2.36. The second kappa shape index (κ2) is 9.78. The van der Waals surface area contributed by atoms with E-state index in [0.29, 0.717) is 12.2 Å². The first-order chi connectivity index (χ1) is 13.8. The minimum Gasteiger partial charge on any atom is -0.491 e. The third kappa shape index (κ3) is 7.10. The zero-order valence-corrected chi connectivity index (χ0v) is 12.7. The highest BCUT2D eigenvalue weighted by atomic mass is 16.5. The van der Waals surface area contributed by atoms with Crippen molar-refractivity contribution in [1.29, 1.82) is 0 Å². The fourth-order valence-corrected chi connectivity index (χ4v) is 1.71. The van der Waals surface area contributed by atoms with Gasteiger partial charge in [0.15, 0.2) is 0 Å². The van der Waals surface area contributed by atoms with Crippen molar-refractivity contribution in [2.24, 2.45) is 5.29 Å². The summed E-state index contributed by atoms with van der Waals surface area (Å²) < 4.78 is 61.9. The summed E-state index contributed by atoms with van der Waals surface area (Å²) in [6, 6.07) is 3.22. The van der Waals surface area contributed by atoms with E-state index in [4.69, 9.17) is 14.3 Å². The van der Waals surface area contributed by atoms with Crippen LogP contribution in [-0.4, -0.2) is 48.5 Å². The Balaban J connectivity index is 2.73. The Morgan fingerprint density at radius 3 is 2.70 bits per heavy atom. The Bertz CT molecular complexity index is 695. The molecule has 0 bridgehead atoms. The van der Waals surface area contributed by atoms with Crippen LogP contribution in [0.25, 0.3) is 0 Å². The average Bonchev–Trinajstić information content (AvgIpc) is 2.67. The second-order valence-corrected chi connectivity index (χ2v) is 4.70. The number of carbonyl (C=O) groups is 1. The van der Waals surface area contributed by atoms with E-state index in [1.807, 2.05) is 0 Å². The van der Waals surface area contributed by atoms with Crippen molar-refractivity contribution in [3.63, 3.8) is 0 Å². The van der Waals surface area contributed by atoms with Crippen molar-refractivity contribution in [1.82, 2.24) is 5.01 Å². The van der Waals surface area contributed by atoms with Gasteiger partial charge in [0.2, 0.25) is 0 Å². The molecular formula is C16H24N2O5. The molecule has 1 rings (SSSR count). The van der Waals surface area contributed by atoms with Gasteiger partial charge in [0.05, 0.1) is 20.3 Å². The molecule has 0 saturated carbocycles. The lowest BCUT2D eigenvalue weighted by molar-refractivity contribution is -0.140. The highest BCUT2D eigenvalue weighted by Gasteiger charge is 2.14.